The van der Waals surface area contributed by atoms with Crippen molar-refractivity contribution in [2.75, 3.05) is 51.9 Å². The van der Waals surface area contributed by atoms with E-state index in [4.69, 9.17) is 5.73 Å². The van der Waals surface area contributed by atoms with Gasteiger partial charge in [-0.2, -0.15) is 0 Å². The third kappa shape index (κ3) is 3.13. The molecular formula is C16H26N4O. The summed E-state index contributed by atoms with van der Waals surface area (Å²) in [5, 5.41) is 0. The Labute approximate surface area is 127 Å². The van der Waals surface area contributed by atoms with Crippen LogP contribution < -0.4 is 10.6 Å². The molecule has 5 nitrogen and oxygen atoms in total. The summed E-state index contributed by atoms with van der Waals surface area (Å²) in [6, 6.07) is 5.94. The molecule has 2 unspecified atom stereocenters. The van der Waals surface area contributed by atoms with Crippen LogP contribution in [0.25, 0.3) is 0 Å². The summed E-state index contributed by atoms with van der Waals surface area (Å²) in [6.45, 7) is 3.77. The number of rotatable bonds is 3. The van der Waals surface area contributed by atoms with Crippen molar-refractivity contribution in [2.45, 2.75) is 13.0 Å². The average molecular weight is 290 g/mol. The van der Waals surface area contributed by atoms with E-state index in [2.05, 4.69) is 25.9 Å². The average Bonchev–Trinajstić information content (AvgIpc) is 2.79. The molecule has 1 amide bonds. The van der Waals surface area contributed by atoms with Crippen LogP contribution in [0.15, 0.2) is 18.2 Å². The van der Waals surface area contributed by atoms with Gasteiger partial charge in [0, 0.05) is 44.6 Å². The minimum Gasteiger partial charge on any atom is -0.399 e. The second-order valence-electron chi connectivity index (χ2n) is 6.39. The molecule has 2 rings (SSSR count). The molecule has 1 aliphatic rings. The quantitative estimate of drug-likeness (QED) is 0.854. The Hall–Kier alpha value is -1.75. The topological polar surface area (TPSA) is 52.8 Å². The molecule has 1 saturated heterocycles. The van der Waals surface area contributed by atoms with Crippen LogP contribution in [-0.2, 0) is 0 Å². The minimum atomic E-state index is 0.0715. The van der Waals surface area contributed by atoms with Crippen LogP contribution in [0.4, 0.5) is 11.4 Å². The van der Waals surface area contributed by atoms with Crippen LogP contribution in [0, 0.1) is 5.92 Å². The van der Waals surface area contributed by atoms with Gasteiger partial charge in [-0.15, -0.1) is 0 Å². The van der Waals surface area contributed by atoms with Gasteiger partial charge in [0.05, 0.1) is 5.56 Å². The van der Waals surface area contributed by atoms with Crippen molar-refractivity contribution < 1.29 is 4.79 Å². The van der Waals surface area contributed by atoms with Crippen molar-refractivity contribution in [2.24, 2.45) is 5.92 Å². The molecule has 0 aliphatic carbocycles. The highest BCUT2D eigenvalue weighted by Gasteiger charge is 2.34. The highest BCUT2D eigenvalue weighted by atomic mass is 16.2. The number of anilines is 2. The number of benzene rings is 1. The molecule has 21 heavy (non-hydrogen) atoms. The molecule has 1 aromatic carbocycles. The molecular weight excluding hydrogens is 264 g/mol. The van der Waals surface area contributed by atoms with E-state index in [1.54, 1.807) is 6.07 Å². The van der Waals surface area contributed by atoms with Crippen LogP contribution in [0.1, 0.15) is 17.3 Å². The lowest BCUT2D eigenvalue weighted by molar-refractivity contribution is 0.0782. The van der Waals surface area contributed by atoms with E-state index in [1.807, 2.05) is 36.0 Å². The maximum absolute atomic E-state index is 12.9. The molecule has 0 bridgehead atoms. The highest BCUT2D eigenvalue weighted by molar-refractivity contribution is 6.00. The number of hydrogen-bond acceptors (Lipinski definition) is 4. The predicted molar refractivity (Wildman–Crippen MR) is 87.7 cm³/mol. The molecule has 1 aliphatic heterocycles. The van der Waals surface area contributed by atoms with E-state index in [9.17, 15) is 4.79 Å². The molecule has 0 radical (unpaired) electrons. The van der Waals surface area contributed by atoms with Gasteiger partial charge in [0.25, 0.3) is 5.91 Å². The fraction of sp³-hybridized carbons (Fsp3) is 0.562. The van der Waals surface area contributed by atoms with Crippen molar-refractivity contribution in [3.05, 3.63) is 23.8 Å². The summed E-state index contributed by atoms with van der Waals surface area (Å²) >= 11 is 0. The summed E-state index contributed by atoms with van der Waals surface area (Å²) in [5.74, 6) is 0.551. The first-order valence-corrected chi connectivity index (χ1v) is 7.33. The van der Waals surface area contributed by atoms with Gasteiger partial charge in [0.2, 0.25) is 0 Å². The zero-order valence-electron chi connectivity index (χ0n) is 13.6. The number of nitrogens with two attached hydrogens (primary N) is 1. The zero-order valence-corrected chi connectivity index (χ0v) is 13.6. The Bertz CT molecular complexity index is 527. The highest BCUT2D eigenvalue weighted by Crippen LogP contribution is 2.27. The fourth-order valence-corrected chi connectivity index (χ4v) is 3.07. The number of likely N-dealkylation sites (tertiary alicyclic amines) is 1. The SMILES string of the molecule is CC1CN(C(=O)c2cc(N)ccc2N(C)C)CC1N(C)C. The number of nitrogen functional groups attached to an aromatic ring is 1. The van der Waals surface area contributed by atoms with Crippen molar-refractivity contribution in [1.82, 2.24) is 9.80 Å². The molecule has 1 aromatic rings. The summed E-state index contributed by atoms with van der Waals surface area (Å²) in [5.41, 5.74) is 8.09. The fourth-order valence-electron chi connectivity index (χ4n) is 3.07. The van der Waals surface area contributed by atoms with E-state index in [0.717, 1.165) is 18.8 Å². The van der Waals surface area contributed by atoms with E-state index in [-0.39, 0.29) is 5.91 Å². The Kier molecular flexibility index (Phi) is 4.42. The number of amides is 1. The van der Waals surface area contributed by atoms with Gasteiger partial charge in [0.15, 0.2) is 0 Å². The minimum absolute atomic E-state index is 0.0715. The summed E-state index contributed by atoms with van der Waals surface area (Å²) in [4.78, 5) is 19.0. The van der Waals surface area contributed by atoms with E-state index >= 15 is 0 Å². The van der Waals surface area contributed by atoms with Gasteiger partial charge in [-0.05, 0) is 38.2 Å². The molecule has 2 N–H and O–H groups in total. The molecule has 2 atom stereocenters. The van der Waals surface area contributed by atoms with E-state index < -0.39 is 0 Å². The maximum Gasteiger partial charge on any atom is 0.256 e. The van der Waals surface area contributed by atoms with Crippen molar-refractivity contribution in [3.63, 3.8) is 0 Å². The van der Waals surface area contributed by atoms with Crippen LogP contribution in [-0.4, -0.2) is 63.0 Å². The standard InChI is InChI=1S/C16H26N4O/c1-11-9-20(10-15(11)19(4)5)16(21)13-8-12(17)6-7-14(13)18(2)3/h6-8,11,15H,9-10,17H2,1-5H3. The lowest BCUT2D eigenvalue weighted by Gasteiger charge is -2.23. The second kappa shape index (κ2) is 5.93. The first kappa shape index (κ1) is 15.6. The number of carbonyl (C=O) groups excluding carboxylic acids is 1. The molecule has 1 heterocycles. The number of likely N-dealkylation sites (N-methyl/N-ethyl adjacent to an activating group) is 1. The molecule has 1 fully saturated rings. The van der Waals surface area contributed by atoms with Crippen molar-refractivity contribution in [1.29, 1.82) is 0 Å². The van der Waals surface area contributed by atoms with Crippen molar-refractivity contribution in [3.8, 4) is 0 Å². The molecule has 5 heteroatoms. The summed E-state index contributed by atoms with van der Waals surface area (Å²) in [7, 11) is 8.02. The Morgan fingerprint density at radius 1 is 1.24 bits per heavy atom. The van der Waals surface area contributed by atoms with Crippen LogP contribution in [0.2, 0.25) is 0 Å². The summed E-state index contributed by atoms with van der Waals surface area (Å²) < 4.78 is 0. The first-order valence-electron chi connectivity index (χ1n) is 7.33. The van der Waals surface area contributed by atoms with Crippen LogP contribution in [0.3, 0.4) is 0 Å². The van der Waals surface area contributed by atoms with E-state index in [1.165, 1.54) is 0 Å². The van der Waals surface area contributed by atoms with Gasteiger partial charge < -0.3 is 20.4 Å². The number of hydrogen-bond donors (Lipinski definition) is 1. The normalized spacial score (nSPS) is 21.9. The molecule has 0 aromatic heterocycles. The third-order valence-electron chi connectivity index (χ3n) is 4.26. The Balaban J connectivity index is 2.27. The number of nitrogens with zero attached hydrogens (tertiary/aromatic N) is 3. The largest absolute Gasteiger partial charge is 0.399 e. The lowest BCUT2D eigenvalue weighted by atomic mass is 10.1. The maximum atomic E-state index is 12.9. The second-order valence-corrected chi connectivity index (χ2v) is 6.39. The molecule has 0 spiro atoms. The zero-order chi connectivity index (χ0) is 15.7. The van der Waals surface area contributed by atoms with Crippen molar-refractivity contribution >= 4 is 17.3 Å². The predicted octanol–water partition coefficient (Wildman–Crippen LogP) is 1.36. The van der Waals surface area contributed by atoms with Gasteiger partial charge in [0.1, 0.15) is 0 Å². The first-order chi connectivity index (χ1) is 9.81. The van der Waals surface area contributed by atoms with Crippen LogP contribution in [0.5, 0.6) is 0 Å². The van der Waals surface area contributed by atoms with Crippen LogP contribution >= 0.6 is 0 Å². The molecule has 116 valence electrons. The third-order valence-corrected chi connectivity index (χ3v) is 4.26. The van der Waals surface area contributed by atoms with Gasteiger partial charge in [-0.3, -0.25) is 4.79 Å². The summed E-state index contributed by atoms with van der Waals surface area (Å²) in [6.07, 6.45) is 0. The van der Waals surface area contributed by atoms with Gasteiger partial charge in [-0.25, -0.2) is 0 Å². The Morgan fingerprint density at radius 2 is 1.90 bits per heavy atom. The smallest absolute Gasteiger partial charge is 0.256 e. The van der Waals surface area contributed by atoms with E-state index in [0.29, 0.717) is 23.2 Å². The Morgan fingerprint density at radius 3 is 2.43 bits per heavy atom. The monoisotopic (exact) mass is 290 g/mol. The van der Waals surface area contributed by atoms with Gasteiger partial charge in [-0.1, -0.05) is 6.92 Å². The lowest BCUT2D eigenvalue weighted by Crippen LogP contribution is -2.36. The van der Waals surface area contributed by atoms with Gasteiger partial charge >= 0.3 is 0 Å². The molecule has 0 saturated carbocycles. The number of carbonyl (C=O) groups is 1.